The molecule has 0 aromatic rings. The molecule has 64 valence electrons. The number of rotatable bonds is 4. The molecule has 2 aliphatic heterocycles. The fraction of sp³-hybridized carbons (Fsp3) is 1.00. The summed E-state index contributed by atoms with van der Waals surface area (Å²) >= 11 is 1.97. The van der Waals surface area contributed by atoms with Crippen LogP contribution in [0.2, 0.25) is 0 Å². The van der Waals surface area contributed by atoms with E-state index in [4.69, 9.17) is 9.47 Å². The van der Waals surface area contributed by atoms with Gasteiger partial charge in [-0.05, 0) is 12.8 Å². The molecule has 0 saturated carbocycles. The first-order chi connectivity index (χ1) is 5.45. The molecule has 11 heavy (non-hydrogen) atoms. The van der Waals surface area contributed by atoms with Gasteiger partial charge < -0.3 is 9.47 Å². The lowest BCUT2D eigenvalue weighted by Gasteiger charge is -2.06. The smallest absolute Gasteiger partial charge is 0.0900 e. The summed E-state index contributed by atoms with van der Waals surface area (Å²) in [6.07, 6.45) is 3.63. The van der Waals surface area contributed by atoms with Gasteiger partial charge in [-0.25, -0.2) is 0 Å². The van der Waals surface area contributed by atoms with Gasteiger partial charge in [0.2, 0.25) is 0 Å². The maximum absolute atomic E-state index is 5.49. The summed E-state index contributed by atoms with van der Waals surface area (Å²) in [4.78, 5) is 0. The van der Waals surface area contributed by atoms with Crippen molar-refractivity contribution < 1.29 is 9.47 Å². The average molecular weight is 174 g/mol. The average Bonchev–Trinajstić information content (AvgIpc) is 2.66. The first-order valence-corrected chi connectivity index (χ1v) is 5.41. The summed E-state index contributed by atoms with van der Waals surface area (Å²) in [7, 11) is 0. The van der Waals surface area contributed by atoms with E-state index in [0.29, 0.717) is 12.2 Å². The van der Waals surface area contributed by atoms with Gasteiger partial charge in [-0.3, -0.25) is 0 Å². The molecule has 2 aliphatic rings. The second-order valence-corrected chi connectivity index (χ2v) is 4.20. The third kappa shape index (κ3) is 2.65. The Morgan fingerprint density at radius 2 is 2.00 bits per heavy atom. The number of hydrogen-bond donors (Lipinski definition) is 0. The normalized spacial score (nSPS) is 36.0. The minimum atomic E-state index is 0.541. The molecule has 0 aliphatic carbocycles. The van der Waals surface area contributed by atoms with Crippen molar-refractivity contribution in [1.29, 1.82) is 0 Å². The maximum atomic E-state index is 5.49. The van der Waals surface area contributed by atoms with Gasteiger partial charge in [0.1, 0.15) is 0 Å². The van der Waals surface area contributed by atoms with Crippen LogP contribution in [0.5, 0.6) is 0 Å². The zero-order valence-electron chi connectivity index (χ0n) is 6.62. The Morgan fingerprint density at radius 3 is 2.64 bits per heavy atom. The van der Waals surface area contributed by atoms with E-state index in [-0.39, 0.29) is 0 Å². The van der Waals surface area contributed by atoms with Gasteiger partial charge in [-0.15, -0.1) is 0 Å². The Hall–Kier alpha value is 0.270. The highest BCUT2D eigenvalue weighted by atomic mass is 32.2. The van der Waals surface area contributed by atoms with Crippen LogP contribution in [-0.4, -0.2) is 36.9 Å². The van der Waals surface area contributed by atoms with Crippen LogP contribution in [0.15, 0.2) is 0 Å². The Bertz CT molecular complexity index is 119. The predicted octanol–water partition coefficient (Wildman–Crippen LogP) is 1.30. The predicted molar refractivity (Wildman–Crippen MR) is 46.0 cm³/mol. The number of thioether (sulfide) groups is 1. The minimum absolute atomic E-state index is 0.541. The van der Waals surface area contributed by atoms with Crippen molar-refractivity contribution in [2.24, 2.45) is 0 Å². The molecule has 2 rings (SSSR count). The van der Waals surface area contributed by atoms with E-state index >= 15 is 0 Å². The summed E-state index contributed by atoms with van der Waals surface area (Å²) < 4.78 is 10.6. The summed E-state index contributed by atoms with van der Waals surface area (Å²) in [5.74, 6) is 2.33. The highest BCUT2D eigenvalue weighted by molar-refractivity contribution is 7.99. The SMILES string of the molecule is C1COC(CSCC2CO2)C1. The summed E-state index contributed by atoms with van der Waals surface area (Å²) in [5.41, 5.74) is 0. The molecule has 3 heteroatoms. The summed E-state index contributed by atoms with van der Waals surface area (Å²) in [6.45, 7) is 1.96. The first-order valence-electron chi connectivity index (χ1n) is 4.26. The second-order valence-electron chi connectivity index (χ2n) is 3.13. The van der Waals surface area contributed by atoms with Crippen LogP contribution < -0.4 is 0 Å². The van der Waals surface area contributed by atoms with Crippen molar-refractivity contribution in [2.75, 3.05) is 24.7 Å². The van der Waals surface area contributed by atoms with Crippen molar-refractivity contribution in [3.8, 4) is 0 Å². The van der Waals surface area contributed by atoms with Gasteiger partial charge in [-0.2, -0.15) is 11.8 Å². The molecule has 2 unspecified atom stereocenters. The molecule has 0 bridgehead atoms. The van der Waals surface area contributed by atoms with Crippen LogP contribution in [0, 0.1) is 0 Å². The quantitative estimate of drug-likeness (QED) is 0.600. The van der Waals surface area contributed by atoms with Crippen LogP contribution in [-0.2, 0) is 9.47 Å². The van der Waals surface area contributed by atoms with Crippen LogP contribution in [0.3, 0.4) is 0 Å². The van der Waals surface area contributed by atoms with Gasteiger partial charge >= 0.3 is 0 Å². The third-order valence-electron chi connectivity index (χ3n) is 2.03. The van der Waals surface area contributed by atoms with Gasteiger partial charge in [0, 0.05) is 18.1 Å². The zero-order valence-corrected chi connectivity index (χ0v) is 7.44. The molecular formula is C8H14O2S. The van der Waals surface area contributed by atoms with E-state index < -0.39 is 0 Å². The molecule has 0 aromatic carbocycles. The highest BCUT2D eigenvalue weighted by Crippen LogP contribution is 2.21. The van der Waals surface area contributed by atoms with Crippen molar-refractivity contribution >= 4 is 11.8 Å². The Kier molecular flexibility index (Phi) is 2.72. The van der Waals surface area contributed by atoms with Gasteiger partial charge in [0.05, 0.1) is 18.8 Å². The number of ether oxygens (including phenoxy) is 2. The lowest BCUT2D eigenvalue weighted by Crippen LogP contribution is -2.09. The van der Waals surface area contributed by atoms with Crippen molar-refractivity contribution in [2.45, 2.75) is 25.0 Å². The first kappa shape index (κ1) is 7.90. The lowest BCUT2D eigenvalue weighted by molar-refractivity contribution is 0.129. The molecule has 0 amide bonds. The molecule has 0 radical (unpaired) electrons. The highest BCUT2D eigenvalue weighted by Gasteiger charge is 2.23. The van der Waals surface area contributed by atoms with Crippen LogP contribution in [0.1, 0.15) is 12.8 Å². The topological polar surface area (TPSA) is 21.8 Å². The zero-order chi connectivity index (χ0) is 7.52. The van der Waals surface area contributed by atoms with E-state index in [1.807, 2.05) is 11.8 Å². The lowest BCUT2D eigenvalue weighted by atomic mass is 10.3. The summed E-state index contributed by atoms with van der Waals surface area (Å²) in [5, 5.41) is 0. The fourth-order valence-corrected chi connectivity index (χ4v) is 2.39. The summed E-state index contributed by atoms with van der Waals surface area (Å²) in [6, 6.07) is 0. The molecule has 2 nitrogen and oxygen atoms in total. The van der Waals surface area contributed by atoms with Crippen molar-refractivity contribution in [3.63, 3.8) is 0 Å². The molecule has 0 aromatic heterocycles. The molecular weight excluding hydrogens is 160 g/mol. The monoisotopic (exact) mass is 174 g/mol. The van der Waals surface area contributed by atoms with Crippen molar-refractivity contribution in [1.82, 2.24) is 0 Å². The largest absolute Gasteiger partial charge is 0.377 e. The van der Waals surface area contributed by atoms with Gasteiger partial charge in [-0.1, -0.05) is 0 Å². The Labute approximate surface area is 71.6 Å². The molecule has 2 atom stereocenters. The molecule has 2 fully saturated rings. The third-order valence-corrected chi connectivity index (χ3v) is 3.25. The number of hydrogen-bond acceptors (Lipinski definition) is 3. The van der Waals surface area contributed by atoms with Crippen LogP contribution in [0.25, 0.3) is 0 Å². The van der Waals surface area contributed by atoms with E-state index in [1.54, 1.807) is 0 Å². The molecule has 0 N–H and O–H groups in total. The Balaban J connectivity index is 1.51. The molecule has 2 saturated heterocycles. The van der Waals surface area contributed by atoms with Crippen LogP contribution >= 0.6 is 11.8 Å². The van der Waals surface area contributed by atoms with E-state index in [1.165, 1.54) is 24.3 Å². The standard InChI is InChI=1S/C8H14O2S/c1-2-7(9-3-1)5-11-6-8-4-10-8/h7-8H,1-6H2. The fourth-order valence-electron chi connectivity index (χ4n) is 1.27. The van der Waals surface area contributed by atoms with Gasteiger partial charge in [0.15, 0.2) is 0 Å². The molecule has 2 heterocycles. The van der Waals surface area contributed by atoms with E-state index in [9.17, 15) is 0 Å². The molecule has 0 spiro atoms. The van der Waals surface area contributed by atoms with Crippen molar-refractivity contribution in [3.05, 3.63) is 0 Å². The minimum Gasteiger partial charge on any atom is -0.377 e. The Morgan fingerprint density at radius 1 is 1.18 bits per heavy atom. The second kappa shape index (κ2) is 3.78. The maximum Gasteiger partial charge on any atom is 0.0900 e. The van der Waals surface area contributed by atoms with E-state index in [0.717, 1.165) is 13.2 Å². The van der Waals surface area contributed by atoms with E-state index in [2.05, 4.69) is 0 Å². The van der Waals surface area contributed by atoms with Gasteiger partial charge in [0.25, 0.3) is 0 Å². The van der Waals surface area contributed by atoms with Crippen LogP contribution in [0.4, 0.5) is 0 Å². The number of epoxide rings is 1.